The first-order chi connectivity index (χ1) is 7.19. The summed E-state index contributed by atoms with van der Waals surface area (Å²) in [6.07, 6.45) is 2.23. The molecule has 0 bridgehead atoms. The van der Waals surface area contributed by atoms with Crippen LogP contribution in [0.15, 0.2) is 28.7 Å². The lowest BCUT2D eigenvalue weighted by atomic mass is 10.2. The van der Waals surface area contributed by atoms with Crippen LogP contribution in [0.25, 0.3) is 0 Å². The molecule has 0 radical (unpaired) electrons. The fourth-order valence-corrected chi connectivity index (χ4v) is 2.24. The van der Waals surface area contributed by atoms with Crippen LogP contribution in [0.4, 0.5) is 10.5 Å². The average Bonchev–Trinajstić information content (AvgIpc) is 2.87. The zero-order valence-corrected chi connectivity index (χ0v) is 9.75. The fourth-order valence-electron chi connectivity index (χ4n) is 1.97. The minimum Gasteiger partial charge on any atom is -0.330 e. The van der Waals surface area contributed by atoms with Crippen molar-refractivity contribution in [1.29, 1.82) is 0 Å². The molecule has 1 saturated heterocycles. The summed E-state index contributed by atoms with van der Waals surface area (Å²) in [5, 5.41) is 3.04. The SMILES string of the molecule is O=C1NC2(CC2)CN1c1ccc(Br)cc1. The third-order valence-electron chi connectivity index (χ3n) is 3.07. The summed E-state index contributed by atoms with van der Waals surface area (Å²) in [5.74, 6) is 0. The first-order valence-electron chi connectivity index (χ1n) is 5.04. The van der Waals surface area contributed by atoms with E-state index in [0.29, 0.717) is 0 Å². The number of halogens is 1. The molecule has 1 heterocycles. The second-order valence-corrected chi connectivity index (χ2v) is 5.19. The summed E-state index contributed by atoms with van der Waals surface area (Å²) in [5.41, 5.74) is 1.07. The van der Waals surface area contributed by atoms with E-state index in [4.69, 9.17) is 0 Å². The van der Waals surface area contributed by atoms with Crippen LogP contribution in [-0.4, -0.2) is 18.1 Å². The molecule has 0 aromatic heterocycles. The molecule has 4 heteroatoms. The summed E-state index contributed by atoms with van der Waals surface area (Å²) in [4.78, 5) is 13.5. The molecule has 2 fully saturated rings. The van der Waals surface area contributed by atoms with Crippen molar-refractivity contribution >= 4 is 27.6 Å². The number of rotatable bonds is 1. The molecule has 3 nitrogen and oxygen atoms in total. The predicted octanol–water partition coefficient (Wildman–Crippen LogP) is 2.51. The van der Waals surface area contributed by atoms with E-state index in [2.05, 4.69) is 21.2 Å². The maximum absolute atomic E-state index is 11.7. The van der Waals surface area contributed by atoms with Crippen LogP contribution in [0.5, 0.6) is 0 Å². The molecule has 2 aliphatic rings. The highest BCUT2D eigenvalue weighted by Gasteiger charge is 2.51. The van der Waals surface area contributed by atoms with Gasteiger partial charge in [-0.1, -0.05) is 15.9 Å². The third-order valence-corrected chi connectivity index (χ3v) is 3.60. The molecule has 1 aromatic carbocycles. The number of benzene rings is 1. The summed E-state index contributed by atoms with van der Waals surface area (Å²) < 4.78 is 1.03. The van der Waals surface area contributed by atoms with Crippen LogP contribution in [0, 0.1) is 0 Å². The maximum Gasteiger partial charge on any atom is 0.322 e. The predicted molar refractivity (Wildman–Crippen MR) is 62.0 cm³/mol. The van der Waals surface area contributed by atoms with Crippen molar-refractivity contribution in [1.82, 2.24) is 5.32 Å². The lowest BCUT2D eigenvalue weighted by molar-refractivity contribution is 0.250. The Kier molecular flexibility index (Phi) is 1.83. The molecule has 1 N–H and O–H groups in total. The number of carbonyl (C=O) groups is 1. The topological polar surface area (TPSA) is 32.3 Å². The van der Waals surface area contributed by atoms with Gasteiger partial charge in [-0.3, -0.25) is 4.90 Å². The van der Waals surface area contributed by atoms with E-state index in [9.17, 15) is 4.79 Å². The third kappa shape index (κ3) is 1.53. The molecule has 3 rings (SSSR count). The average molecular weight is 267 g/mol. The maximum atomic E-state index is 11.7. The van der Waals surface area contributed by atoms with Gasteiger partial charge in [-0.25, -0.2) is 4.79 Å². The van der Waals surface area contributed by atoms with Crippen molar-refractivity contribution in [3.8, 4) is 0 Å². The van der Waals surface area contributed by atoms with Crippen molar-refractivity contribution in [2.75, 3.05) is 11.4 Å². The Morgan fingerprint density at radius 1 is 1.27 bits per heavy atom. The molecule has 1 aliphatic heterocycles. The molecule has 15 heavy (non-hydrogen) atoms. The molecule has 2 amide bonds. The van der Waals surface area contributed by atoms with E-state index in [0.717, 1.165) is 29.5 Å². The van der Waals surface area contributed by atoms with E-state index in [1.54, 1.807) is 0 Å². The van der Waals surface area contributed by atoms with Crippen LogP contribution in [0.3, 0.4) is 0 Å². The van der Waals surface area contributed by atoms with Crippen LogP contribution in [0.2, 0.25) is 0 Å². The van der Waals surface area contributed by atoms with Crippen molar-refractivity contribution in [2.24, 2.45) is 0 Å². The highest BCUT2D eigenvalue weighted by Crippen LogP contribution is 2.41. The molecule has 1 aromatic rings. The van der Waals surface area contributed by atoms with E-state index < -0.39 is 0 Å². The standard InChI is InChI=1S/C11H11BrN2O/c12-8-1-3-9(4-2-8)14-7-11(5-6-11)13-10(14)15/h1-4H,5-7H2,(H,13,15). The van der Waals surface area contributed by atoms with Gasteiger partial charge in [0.1, 0.15) is 0 Å². The Morgan fingerprint density at radius 3 is 2.47 bits per heavy atom. The molecule has 78 valence electrons. The number of hydrogen-bond acceptors (Lipinski definition) is 1. The van der Waals surface area contributed by atoms with E-state index in [1.165, 1.54) is 0 Å². The monoisotopic (exact) mass is 266 g/mol. The van der Waals surface area contributed by atoms with Crippen molar-refractivity contribution < 1.29 is 4.79 Å². The first-order valence-corrected chi connectivity index (χ1v) is 5.83. The lowest BCUT2D eigenvalue weighted by Crippen LogP contribution is -2.29. The number of nitrogens with zero attached hydrogens (tertiary/aromatic N) is 1. The van der Waals surface area contributed by atoms with Gasteiger partial charge in [-0.15, -0.1) is 0 Å². The number of carbonyl (C=O) groups excluding carboxylic acids is 1. The van der Waals surface area contributed by atoms with Crippen LogP contribution >= 0.6 is 15.9 Å². The number of anilines is 1. The number of nitrogens with one attached hydrogen (secondary N) is 1. The number of urea groups is 1. The van der Waals surface area contributed by atoms with E-state index in [1.807, 2.05) is 29.2 Å². The minimum atomic E-state index is 0.0369. The smallest absolute Gasteiger partial charge is 0.322 e. The lowest BCUT2D eigenvalue weighted by Gasteiger charge is -2.14. The van der Waals surface area contributed by atoms with Crippen molar-refractivity contribution in [3.05, 3.63) is 28.7 Å². The first kappa shape index (κ1) is 9.21. The fraction of sp³-hybridized carbons (Fsp3) is 0.364. The van der Waals surface area contributed by atoms with Gasteiger partial charge in [0.15, 0.2) is 0 Å². The number of amides is 2. The van der Waals surface area contributed by atoms with Crippen molar-refractivity contribution in [2.45, 2.75) is 18.4 Å². The highest BCUT2D eigenvalue weighted by atomic mass is 79.9. The van der Waals surface area contributed by atoms with Gasteiger partial charge in [0, 0.05) is 10.2 Å². The Balaban J connectivity index is 1.88. The molecule has 1 saturated carbocycles. The Bertz CT molecular complexity index is 411. The molecular formula is C11H11BrN2O. The summed E-state index contributed by atoms with van der Waals surface area (Å²) in [7, 11) is 0. The van der Waals surface area contributed by atoms with Gasteiger partial charge in [-0.2, -0.15) is 0 Å². The van der Waals surface area contributed by atoms with E-state index in [-0.39, 0.29) is 11.6 Å². The van der Waals surface area contributed by atoms with Gasteiger partial charge in [0.05, 0.1) is 12.1 Å². The second-order valence-electron chi connectivity index (χ2n) is 4.27. The van der Waals surface area contributed by atoms with Crippen molar-refractivity contribution in [3.63, 3.8) is 0 Å². The normalized spacial score (nSPS) is 21.9. The Labute approximate surface area is 96.6 Å². The second kappa shape index (κ2) is 2.98. The van der Waals surface area contributed by atoms with Gasteiger partial charge >= 0.3 is 6.03 Å². The Hall–Kier alpha value is -1.03. The summed E-state index contributed by atoms with van der Waals surface area (Å²) in [6.45, 7) is 0.813. The number of hydrogen-bond donors (Lipinski definition) is 1. The highest BCUT2D eigenvalue weighted by molar-refractivity contribution is 9.10. The van der Waals surface area contributed by atoms with Gasteiger partial charge in [-0.05, 0) is 37.1 Å². The van der Waals surface area contributed by atoms with Crippen LogP contribution in [-0.2, 0) is 0 Å². The van der Waals surface area contributed by atoms with Crippen LogP contribution < -0.4 is 10.2 Å². The zero-order valence-electron chi connectivity index (χ0n) is 8.16. The summed E-state index contributed by atoms with van der Waals surface area (Å²) >= 11 is 3.38. The van der Waals surface area contributed by atoms with Gasteiger partial charge < -0.3 is 5.32 Å². The van der Waals surface area contributed by atoms with E-state index >= 15 is 0 Å². The zero-order chi connectivity index (χ0) is 10.5. The summed E-state index contributed by atoms with van der Waals surface area (Å²) in [6, 6.07) is 7.88. The molecule has 1 aliphatic carbocycles. The molecule has 0 unspecified atom stereocenters. The largest absolute Gasteiger partial charge is 0.330 e. The van der Waals surface area contributed by atoms with Crippen LogP contribution in [0.1, 0.15) is 12.8 Å². The van der Waals surface area contributed by atoms with Gasteiger partial charge in [0.25, 0.3) is 0 Å². The minimum absolute atomic E-state index is 0.0369. The molecule has 1 spiro atoms. The Morgan fingerprint density at radius 2 is 1.93 bits per heavy atom. The molecule has 0 atom stereocenters. The van der Waals surface area contributed by atoms with Gasteiger partial charge in [0.2, 0.25) is 0 Å². The molecular weight excluding hydrogens is 256 g/mol. The quantitative estimate of drug-likeness (QED) is 0.833.